The van der Waals surface area contributed by atoms with Crippen LogP contribution in [0.15, 0.2) is 0 Å². The molecule has 1 rings (SSSR count). The lowest BCUT2D eigenvalue weighted by molar-refractivity contribution is 0.509. The van der Waals surface area contributed by atoms with E-state index in [0.717, 1.165) is 5.54 Å². The maximum atomic E-state index is 3.48. The molecule has 1 aliphatic rings. The average Bonchev–Trinajstić information content (AvgIpc) is 1.88. The molecule has 0 aromatic carbocycles. The van der Waals surface area contributed by atoms with Crippen LogP contribution in [0.2, 0.25) is 25.2 Å². The lowest BCUT2D eigenvalue weighted by Gasteiger charge is -2.32. The lowest BCUT2D eigenvalue weighted by Crippen LogP contribution is -2.39. The van der Waals surface area contributed by atoms with Gasteiger partial charge in [-0.05, 0) is 25.1 Å². The van der Waals surface area contributed by atoms with Crippen LogP contribution in [0.5, 0.6) is 0 Å². The van der Waals surface area contributed by atoms with Gasteiger partial charge in [0.1, 0.15) is 0 Å². The van der Waals surface area contributed by atoms with E-state index in [1.54, 1.807) is 0 Å². The van der Waals surface area contributed by atoms with E-state index in [0.29, 0.717) is 0 Å². The van der Waals surface area contributed by atoms with Crippen molar-refractivity contribution in [3.8, 4) is 0 Å². The number of nitrogens with one attached hydrogen (secondary N) is 1. The fourth-order valence-corrected chi connectivity index (χ4v) is 3.42. The van der Waals surface area contributed by atoms with E-state index in [-0.39, 0.29) is 0 Å². The Morgan fingerprint density at radius 3 is 2.30 bits per heavy atom. The minimum atomic E-state index is -0.819. The zero-order valence-corrected chi connectivity index (χ0v) is 8.41. The highest BCUT2D eigenvalue weighted by Crippen LogP contribution is 2.27. The van der Waals surface area contributed by atoms with E-state index in [9.17, 15) is 0 Å². The highest BCUT2D eigenvalue weighted by atomic mass is 28.3. The van der Waals surface area contributed by atoms with Crippen LogP contribution in [0.1, 0.15) is 12.8 Å². The second-order valence-electron chi connectivity index (χ2n) is 4.41. The van der Waals surface area contributed by atoms with Crippen molar-refractivity contribution in [2.75, 3.05) is 13.1 Å². The van der Waals surface area contributed by atoms with Gasteiger partial charge in [-0.2, -0.15) is 0 Å². The summed E-state index contributed by atoms with van der Waals surface area (Å²) in [5, 5.41) is 3.48. The minimum Gasteiger partial charge on any atom is -0.317 e. The van der Waals surface area contributed by atoms with Gasteiger partial charge in [0, 0.05) is 8.07 Å². The van der Waals surface area contributed by atoms with Gasteiger partial charge in [0.25, 0.3) is 0 Å². The summed E-state index contributed by atoms with van der Waals surface area (Å²) in [7, 11) is -0.819. The molecule has 0 amide bonds. The van der Waals surface area contributed by atoms with Crippen LogP contribution in [0, 0.1) is 0 Å². The molecule has 2 heteroatoms. The van der Waals surface area contributed by atoms with Gasteiger partial charge in [0.2, 0.25) is 0 Å². The molecule has 0 saturated carbocycles. The van der Waals surface area contributed by atoms with Crippen molar-refractivity contribution < 1.29 is 0 Å². The largest absolute Gasteiger partial charge is 0.317 e. The third kappa shape index (κ3) is 2.10. The van der Waals surface area contributed by atoms with Crippen LogP contribution in [0.4, 0.5) is 0 Å². The highest BCUT2D eigenvalue weighted by Gasteiger charge is 2.27. The molecule has 60 valence electrons. The van der Waals surface area contributed by atoms with Crippen molar-refractivity contribution >= 4 is 8.07 Å². The molecule has 0 spiro atoms. The normalized spacial score (nSPS) is 28.5. The molecule has 0 unspecified atom stereocenters. The Hall–Kier alpha value is 0.177. The molecule has 0 aromatic rings. The Labute approximate surface area is 65.2 Å². The first-order chi connectivity index (χ1) is 4.61. The topological polar surface area (TPSA) is 12.0 Å². The summed E-state index contributed by atoms with van der Waals surface area (Å²) in [4.78, 5) is 0. The first-order valence-corrected chi connectivity index (χ1v) is 7.89. The van der Waals surface area contributed by atoms with Crippen LogP contribution in [-0.2, 0) is 0 Å². The maximum absolute atomic E-state index is 3.48. The molecule has 1 atom stereocenters. The summed E-state index contributed by atoms with van der Waals surface area (Å²) in [6.45, 7) is 9.97. The standard InChI is InChI=1S/C8H19NSi/c1-10(2,3)8-5-4-6-9-7-8/h8-9H,4-7H2,1-3H3/t8-/m1/s1. The molecule has 1 fully saturated rings. The van der Waals surface area contributed by atoms with Crippen LogP contribution in [-0.4, -0.2) is 21.2 Å². The summed E-state index contributed by atoms with van der Waals surface area (Å²) in [5.74, 6) is 0. The molecule has 0 aromatic heterocycles. The first-order valence-electron chi connectivity index (χ1n) is 4.31. The molecule has 0 radical (unpaired) electrons. The molecule has 1 heterocycles. The van der Waals surface area contributed by atoms with Gasteiger partial charge in [0.15, 0.2) is 0 Å². The highest BCUT2D eigenvalue weighted by molar-refractivity contribution is 6.77. The molecule has 0 bridgehead atoms. The molecule has 1 aliphatic heterocycles. The zero-order chi connectivity index (χ0) is 7.61. The van der Waals surface area contributed by atoms with Gasteiger partial charge in [0.05, 0.1) is 0 Å². The first kappa shape index (κ1) is 8.28. The summed E-state index contributed by atoms with van der Waals surface area (Å²) < 4.78 is 0. The average molecular weight is 157 g/mol. The predicted molar refractivity (Wildman–Crippen MR) is 49.2 cm³/mol. The Kier molecular flexibility index (Phi) is 2.53. The fraction of sp³-hybridized carbons (Fsp3) is 1.00. The third-order valence-corrected chi connectivity index (χ3v) is 5.46. The van der Waals surface area contributed by atoms with E-state index in [1.807, 2.05) is 0 Å². The van der Waals surface area contributed by atoms with Gasteiger partial charge in [-0.15, -0.1) is 0 Å². The Bertz CT molecular complexity index is 100. The van der Waals surface area contributed by atoms with Crippen molar-refractivity contribution in [3.63, 3.8) is 0 Å². The van der Waals surface area contributed by atoms with Crippen LogP contribution < -0.4 is 5.32 Å². The Morgan fingerprint density at radius 2 is 2.00 bits per heavy atom. The van der Waals surface area contributed by atoms with E-state index < -0.39 is 8.07 Å². The molecular formula is C8H19NSi. The van der Waals surface area contributed by atoms with Crippen molar-refractivity contribution in [1.82, 2.24) is 5.32 Å². The van der Waals surface area contributed by atoms with E-state index in [2.05, 4.69) is 25.0 Å². The quantitative estimate of drug-likeness (QED) is 0.575. The summed E-state index contributed by atoms with van der Waals surface area (Å²) in [6, 6.07) is 0. The van der Waals surface area contributed by atoms with Crippen LogP contribution in [0.3, 0.4) is 0 Å². The molecule has 0 aliphatic carbocycles. The Morgan fingerprint density at radius 1 is 1.30 bits per heavy atom. The van der Waals surface area contributed by atoms with Gasteiger partial charge in [-0.25, -0.2) is 0 Å². The van der Waals surface area contributed by atoms with Crippen LogP contribution >= 0.6 is 0 Å². The van der Waals surface area contributed by atoms with E-state index in [4.69, 9.17) is 0 Å². The van der Waals surface area contributed by atoms with Gasteiger partial charge < -0.3 is 5.32 Å². The summed E-state index contributed by atoms with van der Waals surface area (Å²) in [5.41, 5.74) is 1.03. The van der Waals surface area contributed by atoms with Crippen LogP contribution in [0.25, 0.3) is 0 Å². The van der Waals surface area contributed by atoms with Gasteiger partial charge in [-0.1, -0.05) is 26.1 Å². The molecule has 1 nitrogen and oxygen atoms in total. The third-order valence-electron chi connectivity index (χ3n) is 2.52. The van der Waals surface area contributed by atoms with Crippen molar-refractivity contribution in [2.45, 2.75) is 38.0 Å². The molecule has 1 saturated heterocycles. The second kappa shape index (κ2) is 3.05. The number of rotatable bonds is 1. The van der Waals surface area contributed by atoms with E-state index >= 15 is 0 Å². The minimum absolute atomic E-state index is 0.819. The summed E-state index contributed by atoms with van der Waals surface area (Å²) in [6.07, 6.45) is 2.87. The Balaban J connectivity index is 2.39. The van der Waals surface area contributed by atoms with Crippen molar-refractivity contribution in [2.24, 2.45) is 0 Å². The predicted octanol–water partition coefficient (Wildman–Crippen LogP) is 2.08. The van der Waals surface area contributed by atoms with Gasteiger partial charge in [-0.3, -0.25) is 0 Å². The SMILES string of the molecule is C[Si](C)(C)[C@@H]1CCCNC1. The zero-order valence-electron chi connectivity index (χ0n) is 7.41. The number of piperidine rings is 1. The fourth-order valence-electron chi connectivity index (χ4n) is 1.59. The maximum Gasteiger partial charge on any atom is 0.0487 e. The lowest BCUT2D eigenvalue weighted by atomic mass is 10.2. The van der Waals surface area contributed by atoms with Crippen molar-refractivity contribution in [1.29, 1.82) is 0 Å². The van der Waals surface area contributed by atoms with Crippen molar-refractivity contribution in [3.05, 3.63) is 0 Å². The van der Waals surface area contributed by atoms with E-state index in [1.165, 1.54) is 25.9 Å². The van der Waals surface area contributed by atoms with Gasteiger partial charge >= 0.3 is 0 Å². The smallest absolute Gasteiger partial charge is 0.0487 e. The summed E-state index contributed by atoms with van der Waals surface area (Å²) >= 11 is 0. The second-order valence-corrected chi connectivity index (χ2v) is 9.96. The number of hydrogen-bond acceptors (Lipinski definition) is 1. The monoisotopic (exact) mass is 157 g/mol. The molecular weight excluding hydrogens is 138 g/mol. The number of hydrogen-bond donors (Lipinski definition) is 1. The molecule has 1 N–H and O–H groups in total. The molecule has 10 heavy (non-hydrogen) atoms.